The highest BCUT2D eigenvalue weighted by Gasteiger charge is 1.94. The first-order valence-electron chi connectivity index (χ1n) is 5.58. The summed E-state index contributed by atoms with van der Waals surface area (Å²) >= 11 is 0. The number of benzene rings is 1. The molecule has 0 unspecified atom stereocenters. The van der Waals surface area contributed by atoms with Crippen molar-refractivity contribution in [3.8, 4) is 0 Å². The predicted molar refractivity (Wildman–Crippen MR) is 69.1 cm³/mol. The molecule has 0 fully saturated rings. The lowest BCUT2D eigenvalue weighted by molar-refractivity contribution is -0.114. The van der Waals surface area contributed by atoms with E-state index in [4.69, 9.17) is 0 Å². The summed E-state index contributed by atoms with van der Waals surface area (Å²) in [6, 6.07) is 9.87. The molecule has 1 aromatic carbocycles. The molecule has 0 amide bonds. The van der Waals surface area contributed by atoms with Crippen molar-refractivity contribution in [3.05, 3.63) is 53.6 Å². The zero-order valence-corrected chi connectivity index (χ0v) is 9.94. The van der Waals surface area contributed by atoms with Gasteiger partial charge in [-0.15, -0.1) is 0 Å². The second-order valence-corrected chi connectivity index (χ2v) is 4.03. The Hall–Kier alpha value is -1.63. The van der Waals surface area contributed by atoms with Crippen LogP contribution < -0.4 is 0 Å². The summed E-state index contributed by atoms with van der Waals surface area (Å²) in [6.07, 6.45) is 7.04. The van der Waals surface area contributed by atoms with Gasteiger partial charge >= 0.3 is 0 Å². The normalized spacial score (nSPS) is 10.4. The van der Waals surface area contributed by atoms with Gasteiger partial charge in [0.2, 0.25) is 0 Å². The van der Waals surface area contributed by atoms with Crippen molar-refractivity contribution < 1.29 is 4.79 Å². The molecule has 0 aliphatic rings. The van der Waals surface area contributed by atoms with Crippen molar-refractivity contribution in [1.29, 1.82) is 0 Å². The van der Waals surface area contributed by atoms with Gasteiger partial charge in [0.1, 0.15) is 0 Å². The predicted octanol–water partition coefficient (Wildman–Crippen LogP) is 4.02. The zero-order chi connectivity index (χ0) is 11.8. The van der Waals surface area contributed by atoms with Crippen LogP contribution in [-0.2, 0) is 4.79 Å². The lowest BCUT2D eigenvalue weighted by Gasteiger charge is -1.93. The van der Waals surface area contributed by atoms with E-state index >= 15 is 0 Å². The maximum absolute atomic E-state index is 11.5. The van der Waals surface area contributed by atoms with Crippen LogP contribution in [0.2, 0.25) is 0 Å². The summed E-state index contributed by atoms with van der Waals surface area (Å²) in [5, 5.41) is 0. The van der Waals surface area contributed by atoms with Crippen molar-refractivity contribution in [2.45, 2.75) is 26.7 Å². The molecule has 16 heavy (non-hydrogen) atoms. The Morgan fingerprint density at radius 2 is 1.88 bits per heavy atom. The van der Waals surface area contributed by atoms with Crippen LogP contribution in [0.4, 0.5) is 0 Å². The first kappa shape index (κ1) is 12.4. The number of hydrogen-bond donors (Lipinski definition) is 0. The highest BCUT2D eigenvalue weighted by Crippen LogP contribution is 2.03. The van der Waals surface area contributed by atoms with Crippen molar-refractivity contribution in [3.63, 3.8) is 0 Å². The standard InChI is InChI=1S/C15H18O/c1-13(2)7-6-10-15(16)12-11-14-8-4-3-5-9-14/h3-5,7-9,11-12H,6,10H2,1-2H3. The molecule has 1 heteroatoms. The number of allylic oxidation sites excluding steroid dienone is 3. The second kappa shape index (κ2) is 6.78. The first-order valence-corrected chi connectivity index (χ1v) is 5.58. The number of carbonyl (C=O) groups excluding carboxylic acids is 1. The molecule has 0 heterocycles. The minimum atomic E-state index is 0.182. The third-order valence-corrected chi connectivity index (χ3v) is 2.20. The van der Waals surface area contributed by atoms with Crippen LogP contribution in [0.3, 0.4) is 0 Å². The van der Waals surface area contributed by atoms with Gasteiger partial charge in [-0.3, -0.25) is 4.79 Å². The Bertz CT molecular complexity index is 381. The molecule has 0 bridgehead atoms. The van der Waals surface area contributed by atoms with Crippen LogP contribution in [0.15, 0.2) is 48.1 Å². The molecule has 84 valence electrons. The van der Waals surface area contributed by atoms with Crippen LogP contribution in [0.25, 0.3) is 6.08 Å². The summed E-state index contributed by atoms with van der Waals surface area (Å²) in [4.78, 5) is 11.5. The topological polar surface area (TPSA) is 17.1 Å². The smallest absolute Gasteiger partial charge is 0.156 e. The fraction of sp³-hybridized carbons (Fsp3) is 0.267. The van der Waals surface area contributed by atoms with E-state index in [1.54, 1.807) is 6.08 Å². The summed E-state index contributed by atoms with van der Waals surface area (Å²) in [5.41, 5.74) is 2.33. The van der Waals surface area contributed by atoms with Crippen LogP contribution in [0, 0.1) is 0 Å². The molecule has 0 atom stereocenters. The molecule has 0 aliphatic heterocycles. The molecular formula is C15H18O. The molecule has 0 saturated carbocycles. The van der Waals surface area contributed by atoms with Gasteiger partial charge in [-0.1, -0.05) is 48.1 Å². The first-order chi connectivity index (χ1) is 7.68. The van der Waals surface area contributed by atoms with E-state index in [2.05, 4.69) is 6.08 Å². The number of hydrogen-bond acceptors (Lipinski definition) is 1. The Morgan fingerprint density at radius 1 is 1.19 bits per heavy atom. The summed E-state index contributed by atoms with van der Waals surface area (Å²) < 4.78 is 0. The van der Waals surface area contributed by atoms with E-state index in [-0.39, 0.29) is 5.78 Å². The summed E-state index contributed by atoms with van der Waals surface area (Å²) in [7, 11) is 0. The zero-order valence-electron chi connectivity index (χ0n) is 9.94. The molecule has 1 nitrogen and oxygen atoms in total. The molecule has 0 aromatic heterocycles. The van der Waals surface area contributed by atoms with E-state index in [0.717, 1.165) is 12.0 Å². The molecular weight excluding hydrogens is 196 g/mol. The molecule has 1 rings (SSSR count). The molecule has 0 saturated heterocycles. The van der Waals surface area contributed by atoms with Crippen LogP contribution in [0.5, 0.6) is 0 Å². The van der Waals surface area contributed by atoms with Crippen molar-refractivity contribution in [2.24, 2.45) is 0 Å². The Morgan fingerprint density at radius 3 is 2.50 bits per heavy atom. The van der Waals surface area contributed by atoms with Gasteiger partial charge in [-0.05, 0) is 31.9 Å². The van der Waals surface area contributed by atoms with Crippen molar-refractivity contribution >= 4 is 11.9 Å². The fourth-order valence-corrected chi connectivity index (χ4v) is 1.34. The van der Waals surface area contributed by atoms with Gasteiger partial charge in [-0.25, -0.2) is 0 Å². The molecule has 0 spiro atoms. The molecule has 0 radical (unpaired) electrons. The third-order valence-electron chi connectivity index (χ3n) is 2.20. The average Bonchev–Trinajstić information content (AvgIpc) is 2.27. The van der Waals surface area contributed by atoms with E-state index in [0.29, 0.717) is 6.42 Å². The highest BCUT2D eigenvalue weighted by atomic mass is 16.1. The van der Waals surface area contributed by atoms with Crippen LogP contribution in [-0.4, -0.2) is 5.78 Å². The van der Waals surface area contributed by atoms with E-state index in [1.807, 2.05) is 50.3 Å². The Labute approximate surface area is 97.5 Å². The summed E-state index contributed by atoms with van der Waals surface area (Å²) in [6.45, 7) is 4.09. The van der Waals surface area contributed by atoms with E-state index in [1.165, 1.54) is 5.57 Å². The Kier molecular flexibility index (Phi) is 5.27. The fourth-order valence-electron chi connectivity index (χ4n) is 1.34. The maximum Gasteiger partial charge on any atom is 0.156 e. The van der Waals surface area contributed by atoms with Gasteiger partial charge in [0.05, 0.1) is 0 Å². The summed E-state index contributed by atoms with van der Waals surface area (Å²) in [5.74, 6) is 0.182. The minimum absolute atomic E-state index is 0.182. The van der Waals surface area contributed by atoms with Gasteiger partial charge in [-0.2, -0.15) is 0 Å². The van der Waals surface area contributed by atoms with Gasteiger partial charge in [0.25, 0.3) is 0 Å². The maximum atomic E-state index is 11.5. The van der Waals surface area contributed by atoms with Gasteiger partial charge < -0.3 is 0 Å². The average molecular weight is 214 g/mol. The largest absolute Gasteiger partial charge is 0.295 e. The number of ketones is 1. The lowest BCUT2D eigenvalue weighted by Crippen LogP contribution is -1.90. The quantitative estimate of drug-likeness (QED) is 0.534. The molecule has 0 aliphatic carbocycles. The van der Waals surface area contributed by atoms with Crippen molar-refractivity contribution in [1.82, 2.24) is 0 Å². The highest BCUT2D eigenvalue weighted by molar-refractivity contribution is 5.93. The van der Waals surface area contributed by atoms with E-state index < -0.39 is 0 Å². The number of carbonyl (C=O) groups is 1. The van der Waals surface area contributed by atoms with E-state index in [9.17, 15) is 4.79 Å². The van der Waals surface area contributed by atoms with Gasteiger partial charge in [0, 0.05) is 6.42 Å². The van der Waals surface area contributed by atoms with Crippen molar-refractivity contribution in [2.75, 3.05) is 0 Å². The third kappa shape index (κ3) is 5.30. The number of rotatable bonds is 5. The van der Waals surface area contributed by atoms with Crippen LogP contribution in [0.1, 0.15) is 32.3 Å². The minimum Gasteiger partial charge on any atom is -0.295 e. The molecule has 1 aromatic rings. The second-order valence-electron chi connectivity index (χ2n) is 4.03. The van der Waals surface area contributed by atoms with Gasteiger partial charge in [0.15, 0.2) is 5.78 Å². The molecule has 0 N–H and O–H groups in total. The lowest BCUT2D eigenvalue weighted by atomic mass is 10.1. The monoisotopic (exact) mass is 214 g/mol. The van der Waals surface area contributed by atoms with Crippen LogP contribution >= 0.6 is 0 Å². The SMILES string of the molecule is CC(C)=CCCC(=O)C=Cc1ccccc1. The Balaban J connectivity index is 2.40.